The Labute approximate surface area is 191 Å². The average Bonchev–Trinajstić information content (AvgIpc) is 3.27. The maximum atomic E-state index is 13.0. The lowest BCUT2D eigenvalue weighted by molar-refractivity contribution is 0.0766. The lowest BCUT2D eigenvalue weighted by Gasteiger charge is -2.24. The summed E-state index contributed by atoms with van der Waals surface area (Å²) in [5.41, 5.74) is 3.33. The van der Waals surface area contributed by atoms with Crippen molar-refractivity contribution in [1.82, 2.24) is 10.2 Å². The van der Waals surface area contributed by atoms with E-state index in [1.165, 1.54) is 11.3 Å². The Hall–Kier alpha value is -3.63. The minimum absolute atomic E-state index is 0.0286. The van der Waals surface area contributed by atoms with Crippen LogP contribution in [0.3, 0.4) is 0 Å². The smallest absolute Gasteiger partial charge is 0.261 e. The summed E-state index contributed by atoms with van der Waals surface area (Å²) < 4.78 is 0. The Morgan fingerprint density at radius 3 is 2.44 bits per heavy atom. The number of amides is 2. The minimum Gasteiger partial charge on any atom is -0.370 e. The van der Waals surface area contributed by atoms with Crippen molar-refractivity contribution >= 4 is 28.8 Å². The van der Waals surface area contributed by atoms with Crippen molar-refractivity contribution in [2.24, 2.45) is 0 Å². The van der Waals surface area contributed by atoms with E-state index in [4.69, 9.17) is 5.26 Å². The highest BCUT2D eigenvalue weighted by Crippen LogP contribution is 2.18. The third-order valence-electron chi connectivity index (χ3n) is 5.54. The molecule has 1 aliphatic heterocycles. The molecule has 0 aliphatic carbocycles. The minimum atomic E-state index is -0.0865. The molecule has 6 nitrogen and oxygen atoms in total. The van der Waals surface area contributed by atoms with Gasteiger partial charge in [0, 0.05) is 44.0 Å². The fraction of sp³-hybridized carbons (Fsp3) is 0.240. The van der Waals surface area contributed by atoms with Crippen LogP contribution in [0.2, 0.25) is 0 Å². The number of hydrogen-bond donors (Lipinski definition) is 1. The first kappa shape index (κ1) is 21.6. The second-order valence-corrected chi connectivity index (χ2v) is 8.60. The molecular formula is C25H24N4O2S. The first-order chi connectivity index (χ1) is 15.6. The predicted molar refractivity (Wildman–Crippen MR) is 126 cm³/mol. The van der Waals surface area contributed by atoms with Gasteiger partial charge in [-0.15, -0.1) is 11.3 Å². The number of nitrogens with one attached hydrogen (secondary N) is 1. The standard InChI is InChI=1S/C25H24N4O2S/c26-17-19-6-10-22(11-7-19)28-12-2-13-29(15-14-28)25(31)21-8-4-20(5-9-21)18-27-24(30)23-3-1-16-32-23/h1,3-11,16H,2,12-15,18H2,(H,27,30). The summed E-state index contributed by atoms with van der Waals surface area (Å²) in [6.07, 6.45) is 0.887. The molecule has 1 aromatic heterocycles. The maximum Gasteiger partial charge on any atom is 0.261 e. The van der Waals surface area contributed by atoms with Crippen molar-refractivity contribution in [2.75, 3.05) is 31.1 Å². The molecule has 0 bridgehead atoms. The Balaban J connectivity index is 1.32. The maximum absolute atomic E-state index is 13.0. The van der Waals surface area contributed by atoms with Crippen molar-refractivity contribution in [3.05, 3.63) is 87.6 Å². The van der Waals surface area contributed by atoms with E-state index in [0.717, 1.165) is 30.8 Å². The van der Waals surface area contributed by atoms with Crippen LogP contribution in [0.5, 0.6) is 0 Å². The van der Waals surface area contributed by atoms with Crippen molar-refractivity contribution in [3.8, 4) is 6.07 Å². The summed E-state index contributed by atoms with van der Waals surface area (Å²) in [6, 6.07) is 20.8. The first-order valence-electron chi connectivity index (χ1n) is 10.6. The van der Waals surface area contributed by atoms with Gasteiger partial charge in [0.2, 0.25) is 0 Å². The third kappa shape index (κ3) is 5.16. The van der Waals surface area contributed by atoms with E-state index in [0.29, 0.717) is 35.6 Å². The fourth-order valence-corrected chi connectivity index (χ4v) is 4.39. The van der Waals surface area contributed by atoms with Gasteiger partial charge in [-0.3, -0.25) is 9.59 Å². The fourth-order valence-electron chi connectivity index (χ4n) is 3.75. The van der Waals surface area contributed by atoms with Crippen molar-refractivity contribution < 1.29 is 9.59 Å². The second-order valence-electron chi connectivity index (χ2n) is 7.65. The number of thiophene rings is 1. The number of anilines is 1. The molecule has 2 heterocycles. The van der Waals surface area contributed by atoms with Gasteiger partial charge in [0.05, 0.1) is 16.5 Å². The lowest BCUT2D eigenvalue weighted by atomic mass is 10.1. The number of hydrogen-bond acceptors (Lipinski definition) is 5. The quantitative estimate of drug-likeness (QED) is 0.648. The van der Waals surface area contributed by atoms with Crippen LogP contribution >= 0.6 is 11.3 Å². The Morgan fingerprint density at radius 2 is 1.75 bits per heavy atom. The number of rotatable bonds is 5. The van der Waals surface area contributed by atoms with E-state index in [-0.39, 0.29) is 11.8 Å². The van der Waals surface area contributed by atoms with Crippen LogP contribution in [-0.2, 0) is 6.54 Å². The normalized spacial score (nSPS) is 13.8. The van der Waals surface area contributed by atoms with Crippen LogP contribution in [-0.4, -0.2) is 42.9 Å². The van der Waals surface area contributed by atoms with Gasteiger partial charge in [0.25, 0.3) is 11.8 Å². The van der Waals surface area contributed by atoms with Crippen molar-refractivity contribution in [3.63, 3.8) is 0 Å². The van der Waals surface area contributed by atoms with E-state index >= 15 is 0 Å². The van der Waals surface area contributed by atoms with E-state index in [1.54, 1.807) is 6.07 Å². The van der Waals surface area contributed by atoms with Crippen LogP contribution in [0.4, 0.5) is 5.69 Å². The SMILES string of the molecule is N#Cc1ccc(N2CCCN(C(=O)c3ccc(CNC(=O)c4cccs4)cc3)CC2)cc1. The molecule has 1 fully saturated rings. The number of carbonyl (C=O) groups excluding carboxylic acids is 2. The van der Waals surface area contributed by atoms with Crippen molar-refractivity contribution in [1.29, 1.82) is 5.26 Å². The van der Waals surface area contributed by atoms with Crippen LogP contribution in [0.15, 0.2) is 66.0 Å². The molecule has 162 valence electrons. The third-order valence-corrected chi connectivity index (χ3v) is 6.41. The molecule has 4 rings (SSSR count). The molecular weight excluding hydrogens is 420 g/mol. The Morgan fingerprint density at radius 1 is 0.969 bits per heavy atom. The number of nitrogens with zero attached hydrogens (tertiary/aromatic N) is 3. The zero-order valence-corrected chi connectivity index (χ0v) is 18.5. The molecule has 0 atom stereocenters. The first-order valence-corrected chi connectivity index (χ1v) is 11.5. The number of nitriles is 1. The summed E-state index contributed by atoms with van der Waals surface area (Å²) >= 11 is 1.41. The van der Waals surface area contributed by atoms with E-state index in [1.807, 2.05) is 64.9 Å². The average molecular weight is 445 g/mol. The lowest BCUT2D eigenvalue weighted by Crippen LogP contribution is -2.35. The summed E-state index contributed by atoms with van der Waals surface area (Å²) in [6.45, 7) is 3.42. The summed E-state index contributed by atoms with van der Waals surface area (Å²) in [7, 11) is 0. The Kier molecular flexibility index (Phi) is 6.83. The summed E-state index contributed by atoms with van der Waals surface area (Å²) in [5.74, 6) is -0.0580. The Bertz CT molecular complexity index is 1100. The zero-order valence-electron chi connectivity index (χ0n) is 17.7. The molecule has 0 saturated carbocycles. The molecule has 7 heteroatoms. The molecule has 1 aliphatic rings. The molecule has 32 heavy (non-hydrogen) atoms. The highest BCUT2D eigenvalue weighted by atomic mass is 32.1. The molecule has 1 saturated heterocycles. The summed E-state index contributed by atoms with van der Waals surface area (Å²) in [4.78, 5) is 29.9. The highest BCUT2D eigenvalue weighted by molar-refractivity contribution is 7.12. The van der Waals surface area contributed by atoms with E-state index < -0.39 is 0 Å². The molecule has 3 aromatic rings. The molecule has 0 radical (unpaired) electrons. The number of benzene rings is 2. The van der Waals surface area contributed by atoms with Gasteiger partial charge in [-0.25, -0.2) is 0 Å². The topological polar surface area (TPSA) is 76.4 Å². The van der Waals surface area contributed by atoms with Crippen molar-refractivity contribution in [2.45, 2.75) is 13.0 Å². The monoisotopic (exact) mass is 444 g/mol. The zero-order chi connectivity index (χ0) is 22.3. The highest BCUT2D eigenvalue weighted by Gasteiger charge is 2.20. The van der Waals surface area contributed by atoms with Gasteiger partial charge in [-0.05, 0) is 59.8 Å². The van der Waals surface area contributed by atoms with Gasteiger partial charge in [-0.1, -0.05) is 18.2 Å². The van der Waals surface area contributed by atoms with Crippen LogP contribution in [0.1, 0.15) is 37.6 Å². The van der Waals surface area contributed by atoms with Gasteiger partial charge in [0.1, 0.15) is 0 Å². The van der Waals surface area contributed by atoms with Gasteiger partial charge in [0.15, 0.2) is 0 Å². The summed E-state index contributed by atoms with van der Waals surface area (Å²) in [5, 5.41) is 13.8. The second kappa shape index (κ2) is 10.1. The molecule has 0 unspecified atom stereocenters. The van der Waals surface area contributed by atoms with Crippen LogP contribution in [0, 0.1) is 11.3 Å². The van der Waals surface area contributed by atoms with E-state index in [2.05, 4.69) is 16.3 Å². The van der Waals surface area contributed by atoms with Gasteiger partial charge < -0.3 is 15.1 Å². The molecule has 0 spiro atoms. The van der Waals surface area contributed by atoms with Gasteiger partial charge in [-0.2, -0.15) is 5.26 Å². The molecule has 2 amide bonds. The number of carbonyl (C=O) groups is 2. The van der Waals surface area contributed by atoms with Gasteiger partial charge >= 0.3 is 0 Å². The predicted octanol–water partition coefficient (Wildman–Crippen LogP) is 3.90. The van der Waals surface area contributed by atoms with Crippen LogP contribution in [0.25, 0.3) is 0 Å². The van der Waals surface area contributed by atoms with Crippen LogP contribution < -0.4 is 10.2 Å². The molecule has 1 N–H and O–H groups in total. The molecule has 2 aromatic carbocycles. The van der Waals surface area contributed by atoms with E-state index in [9.17, 15) is 9.59 Å². The largest absolute Gasteiger partial charge is 0.370 e.